The van der Waals surface area contributed by atoms with Crippen molar-refractivity contribution in [2.45, 2.75) is 170 Å². The van der Waals surface area contributed by atoms with Gasteiger partial charge in [-0.15, -0.1) is 0 Å². The number of hydrogen-bond acceptors (Lipinski definition) is 0. The Labute approximate surface area is 247 Å². The van der Waals surface area contributed by atoms with Gasteiger partial charge in [0.25, 0.3) is 0 Å². The molecule has 0 heterocycles. The van der Waals surface area contributed by atoms with Crippen molar-refractivity contribution in [3.05, 3.63) is 56.6 Å². The Kier molecular flexibility index (Phi) is 12.0. The second-order valence-electron chi connectivity index (χ2n) is 12.9. The molecule has 40 heavy (non-hydrogen) atoms. The molecule has 0 atom stereocenters. The van der Waals surface area contributed by atoms with Gasteiger partial charge >= 0.3 is 0 Å². The second kappa shape index (κ2) is 15.4. The molecule has 0 amide bonds. The summed E-state index contributed by atoms with van der Waals surface area (Å²) < 4.78 is 0. The van der Waals surface area contributed by atoms with Crippen LogP contribution in [0, 0.1) is 0 Å². The Hall–Kier alpha value is -1.82. The van der Waals surface area contributed by atoms with E-state index in [1.165, 1.54) is 128 Å². The van der Waals surface area contributed by atoms with Crippen LogP contribution in [0.2, 0.25) is 0 Å². The zero-order valence-electron chi connectivity index (χ0n) is 27.3. The molecule has 0 aliphatic heterocycles. The molecule has 0 unspecified atom stereocenters. The molecule has 0 N–H and O–H groups in total. The van der Waals surface area contributed by atoms with E-state index in [2.05, 4.69) is 53.7 Å². The number of unbranched alkanes of at least 4 members (excludes halogenated alkanes) is 4. The maximum atomic E-state index is 2.75. The molecule has 4 rings (SSSR count). The third kappa shape index (κ3) is 6.47. The first-order chi connectivity index (χ1) is 19.6. The summed E-state index contributed by atoms with van der Waals surface area (Å²) in [5.74, 6) is 0. The SMILES string of the molecule is CCCCc1c(CCCC)c(CCCC)c2cc3c(CCC)c4c(c(CCC)c3cc2c1CCCC)CCCC4. The van der Waals surface area contributed by atoms with Crippen molar-refractivity contribution < 1.29 is 0 Å². The van der Waals surface area contributed by atoms with Crippen LogP contribution in [0.25, 0.3) is 21.5 Å². The molecule has 1 aliphatic carbocycles. The lowest BCUT2D eigenvalue weighted by molar-refractivity contribution is 0.670. The van der Waals surface area contributed by atoms with Crippen molar-refractivity contribution in [3.63, 3.8) is 0 Å². The van der Waals surface area contributed by atoms with E-state index in [0.29, 0.717) is 0 Å². The third-order valence-corrected chi connectivity index (χ3v) is 9.87. The zero-order valence-corrected chi connectivity index (χ0v) is 27.3. The smallest absolute Gasteiger partial charge is 0.0140 e. The largest absolute Gasteiger partial charge is 0.0654 e. The van der Waals surface area contributed by atoms with Gasteiger partial charge in [0.15, 0.2) is 0 Å². The minimum absolute atomic E-state index is 1.24. The maximum Gasteiger partial charge on any atom is -0.0140 e. The standard InChI is InChI=1S/C40H60/c1-7-13-21-31-32(22-14-8-2)36(24-16-10-4)40-28-38-30(20-12-6)34-26-18-17-25-33(34)29(19-11-5)37(38)27-39(40)35(31)23-15-9-3/h27-28H,7-26H2,1-6H3. The Bertz CT molecular complexity index is 1160. The minimum Gasteiger partial charge on any atom is -0.0654 e. The molecule has 3 aromatic rings. The summed E-state index contributed by atoms with van der Waals surface area (Å²) in [7, 11) is 0. The molecule has 0 saturated heterocycles. The molecule has 1 aliphatic rings. The summed E-state index contributed by atoms with van der Waals surface area (Å²) in [6.45, 7) is 14.3. The first-order valence-electron chi connectivity index (χ1n) is 17.7. The van der Waals surface area contributed by atoms with Crippen molar-refractivity contribution >= 4 is 21.5 Å². The van der Waals surface area contributed by atoms with Gasteiger partial charge in [-0.1, -0.05) is 80.1 Å². The molecule has 0 nitrogen and oxygen atoms in total. The predicted molar refractivity (Wildman–Crippen MR) is 181 cm³/mol. The van der Waals surface area contributed by atoms with E-state index >= 15 is 0 Å². The molecule has 0 heteroatoms. The lowest BCUT2D eigenvalue weighted by atomic mass is 9.76. The van der Waals surface area contributed by atoms with Gasteiger partial charge in [0.05, 0.1) is 0 Å². The number of aryl methyl sites for hydroxylation is 4. The quantitative estimate of drug-likeness (QED) is 0.158. The Morgan fingerprint density at radius 2 is 0.700 bits per heavy atom. The second-order valence-corrected chi connectivity index (χ2v) is 12.9. The Morgan fingerprint density at radius 3 is 1.02 bits per heavy atom. The lowest BCUT2D eigenvalue weighted by Crippen LogP contribution is -2.12. The fraction of sp³-hybridized carbons (Fsp3) is 0.650. The van der Waals surface area contributed by atoms with Crippen molar-refractivity contribution in [1.29, 1.82) is 0 Å². The average Bonchev–Trinajstić information content (AvgIpc) is 2.98. The van der Waals surface area contributed by atoms with Crippen LogP contribution in [-0.4, -0.2) is 0 Å². The summed E-state index contributed by atoms with van der Waals surface area (Å²) >= 11 is 0. The molecule has 0 fully saturated rings. The van der Waals surface area contributed by atoms with Gasteiger partial charge in [0, 0.05) is 0 Å². The molecular formula is C40H60. The fourth-order valence-corrected chi connectivity index (χ4v) is 7.84. The highest BCUT2D eigenvalue weighted by molar-refractivity contribution is 6.05. The molecular weight excluding hydrogens is 480 g/mol. The van der Waals surface area contributed by atoms with Crippen LogP contribution in [0.15, 0.2) is 12.1 Å². The fourth-order valence-electron chi connectivity index (χ4n) is 7.84. The molecule has 0 bridgehead atoms. The molecule has 0 radical (unpaired) electrons. The molecule has 3 aromatic carbocycles. The van der Waals surface area contributed by atoms with E-state index in [9.17, 15) is 0 Å². The highest BCUT2D eigenvalue weighted by atomic mass is 14.3. The summed E-state index contributed by atoms with van der Waals surface area (Å²) in [4.78, 5) is 0. The van der Waals surface area contributed by atoms with Crippen LogP contribution < -0.4 is 0 Å². The highest BCUT2D eigenvalue weighted by Crippen LogP contribution is 2.42. The summed E-state index contributed by atoms with van der Waals surface area (Å²) in [6.07, 6.45) is 25.7. The number of benzene rings is 3. The zero-order chi connectivity index (χ0) is 28.5. The van der Waals surface area contributed by atoms with Crippen LogP contribution in [0.1, 0.15) is 163 Å². The highest BCUT2D eigenvalue weighted by Gasteiger charge is 2.24. The van der Waals surface area contributed by atoms with Crippen LogP contribution >= 0.6 is 0 Å². The number of fused-ring (bicyclic) bond motifs is 3. The minimum atomic E-state index is 1.24. The number of rotatable bonds is 16. The summed E-state index contributed by atoms with van der Waals surface area (Å²) in [5, 5.41) is 6.52. The average molecular weight is 541 g/mol. The maximum absolute atomic E-state index is 2.75. The van der Waals surface area contributed by atoms with Gasteiger partial charge < -0.3 is 0 Å². The van der Waals surface area contributed by atoms with E-state index in [4.69, 9.17) is 0 Å². The first-order valence-corrected chi connectivity index (χ1v) is 17.7. The molecule has 220 valence electrons. The third-order valence-electron chi connectivity index (χ3n) is 9.87. The van der Waals surface area contributed by atoms with Crippen molar-refractivity contribution in [1.82, 2.24) is 0 Å². The van der Waals surface area contributed by atoms with Gasteiger partial charge in [0.2, 0.25) is 0 Å². The van der Waals surface area contributed by atoms with Gasteiger partial charge in [-0.3, -0.25) is 0 Å². The molecule has 0 spiro atoms. The Balaban J connectivity index is 2.17. The predicted octanol–water partition coefficient (Wildman–Crippen LogP) is 12.1. The van der Waals surface area contributed by atoms with Crippen LogP contribution in [0.3, 0.4) is 0 Å². The number of hydrogen-bond donors (Lipinski definition) is 0. The normalized spacial score (nSPS) is 13.4. The van der Waals surface area contributed by atoms with Gasteiger partial charge in [-0.05, 0) is 168 Å². The van der Waals surface area contributed by atoms with E-state index in [0.717, 1.165) is 0 Å². The topological polar surface area (TPSA) is 0 Å². The van der Waals surface area contributed by atoms with Crippen LogP contribution in [-0.2, 0) is 51.4 Å². The van der Waals surface area contributed by atoms with Crippen molar-refractivity contribution in [2.24, 2.45) is 0 Å². The lowest BCUT2D eigenvalue weighted by Gasteiger charge is -2.28. The van der Waals surface area contributed by atoms with Gasteiger partial charge in [0.1, 0.15) is 0 Å². The molecule has 0 aromatic heterocycles. The molecule has 0 saturated carbocycles. The van der Waals surface area contributed by atoms with Crippen molar-refractivity contribution in [3.8, 4) is 0 Å². The van der Waals surface area contributed by atoms with E-state index in [1.54, 1.807) is 66.1 Å². The summed E-state index contributed by atoms with van der Waals surface area (Å²) in [5.41, 5.74) is 14.0. The summed E-state index contributed by atoms with van der Waals surface area (Å²) in [6, 6.07) is 5.51. The van der Waals surface area contributed by atoms with Crippen LogP contribution in [0.5, 0.6) is 0 Å². The monoisotopic (exact) mass is 540 g/mol. The van der Waals surface area contributed by atoms with Gasteiger partial charge in [-0.2, -0.15) is 0 Å². The first kappa shape index (κ1) is 31.1. The van der Waals surface area contributed by atoms with Crippen molar-refractivity contribution in [2.75, 3.05) is 0 Å². The van der Waals surface area contributed by atoms with Crippen LogP contribution in [0.4, 0.5) is 0 Å². The van der Waals surface area contributed by atoms with E-state index in [-0.39, 0.29) is 0 Å². The Morgan fingerprint density at radius 1 is 0.375 bits per heavy atom. The van der Waals surface area contributed by atoms with E-state index < -0.39 is 0 Å². The van der Waals surface area contributed by atoms with E-state index in [1.807, 2.05) is 0 Å². The van der Waals surface area contributed by atoms with Gasteiger partial charge in [-0.25, -0.2) is 0 Å².